The van der Waals surface area contributed by atoms with Gasteiger partial charge in [0.1, 0.15) is 5.82 Å². The molecular formula is C12H13N3O. The molecule has 0 atom stereocenters. The quantitative estimate of drug-likeness (QED) is 0.785. The van der Waals surface area contributed by atoms with Crippen molar-refractivity contribution < 1.29 is 4.79 Å². The molecule has 1 aromatic heterocycles. The molecule has 0 amide bonds. The van der Waals surface area contributed by atoms with Crippen molar-refractivity contribution in [3.8, 4) is 5.69 Å². The highest BCUT2D eigenvalue weighted by Gasteiger charge is 2.04. The molecule has 2 aromatic rings. The summed E-state index contributed by atoms with van der Waals surface area (Å²) in [4.78, 5) is 15.5. The topological polar surface area (TPSA) is 60.9 Å². The van der Waals surface area contributed by atoms with Crippen molar-refractivity contribution in [1.82, 2.24) is 9.55 Å². The normalized spacial score (nSPS) is 10.4. The van der Waals surface area contributed by atoms with E-state index < -0.39 is 0 Å². The summed E-state index contributed by atoms with van der Waals surface area (Å²) < 4.78 is 1.96. The molecule has 4 nitrogen and oxygen atoms in total. The molecule has 0 bridgehead atoms. The smallest absolute Gasteiger partial charge is 0.176 e. The number of aryl methyl sites for hydroxylation is 1. The van der Waals surface area contributed by atoms with Crippen molar-refractivity contribution in [3.05, 3.63) is 48.0 Å². The van der Waals surface area contributed by atoms with Gasteiger partial charge in [-0.05, 0) is 31.2 Å². The molecule has 0 fully saturated rings. The maximum Gasteiger partial charge on any atom is 0.176 e. The minimum atomic E-state index is -0.0473. The van der Waals surface area contributed by atoms with Crippen LogP contribution in [0.25, 0.3) is 5.69 Å². The van der Waals surface area contributed by atoms with Crippen LogP contribution < -0.4 is 5.73 Å². The van der Waals surface area contributed by atoms with E-state index in [-0.39, 0.29) is 12.3 Å². The molecule has 82 valence electrons. The van der Waals surface area contributed by atoms with Crippen LogP contribution in [-0.4, -0.2) is 21.9 Å². The zero-order valence-electron chi connectivity index (χ0n) is 9.05. The number of carbonyl (C=O) groups excluding carboxylic acids is 1. The van der Waals surface area contributed by atoms with Crippen molar-refractivity contribution in [2.24, 2.45) is 5.73 Å². The van der Waals surface area contributed by atoms with E-state index in [4.69, 9.17) is 5.73 Å². The average Bonchev–Trinajstić information content (AvgIpc) is 2.75. The molecule has 2 rings (SSSR count). The van der Waals surface area contributed by atoms with Crippen LogP contribution >= 0.6 is 0 Å². The van der Waals surface area contributed by atoms with E-state index in [2.05, 4.69) is 4.98 Å². The highest BCUT2D eigenvalue weighted by Crippen LogP contribution is 2.11. The van der Waals surface area contributed by atoms with E-state index in [1.165, 1.54) is 0 Å². The summed E-state index contributed by atoms with van der Waals surface area (Å²) >= 11 is 0. The van der Waals surface area contributed by atoms with Crippen LogP contribution in [0.4, 0.5) is 0 Å². The fourth-order valence-corrected chi connectivity index (χ4v) is 1.58. The average molecular weight is 215 g/mol. The van der Waals surface area contributed by atoms with Crippen molar-refractivity contribution in [1.29, 1.82) is 0 Å². The molecule has 2 N–H and O–H groups in total. The first-order chi connectivity index (χ1) is 7.72. The third-order valence-corrected chi connectivity index (χ3v) is 2.48. The van der Waals surface area contributed by atoms with E-state index in [1.54, 1.807) is 18.3 Å². The lowest BCUT2D eigenvalue weighted by Crippen LogP contribution is -2.13. The number of Topliss-reactive ketones (excluding diaryl/α,β-unsaturated/α-hetero) is 1. The monoisotopic (exact) mass is 215 g/mol. The van der Waals surface area contributed by atoms with Crippen molar-refractivity contribution in [3.63, 3.8) is 0 Å². The summed E-state index contributed by atoms with van der Waals surface area (Å²) in [6.07, 6.45) is 3.63. The second-order valence-corrected chi connectivity index (χ2v) is 3.52. The van der Waals surface area contributed by atoms with E-state index in [9.17, 15) is 4.79 Å². The summed E-state index contributed by atoms with van der Waals surface area (Å²) in [7, 11) is 0. The van der Waals surface area contributed by atoms with Gasteiger partial charge >= 0.3 is 0 Å². The molecular weight excluding hydrogens is 202 g/mol. The van der Waals surface area contributed by atoms with Crippen molar-refractivity contribution in [2.45, 2.75) is 6.92 Å². The van der Waals surface area contributed by atoms with Crippen LogP contribution in [0.5, 0.6) is 0 Å². The Hall–Kier alpha value is -1.94. The summed E-state index contributed by atoms with van der Waals surface area (Å²) in [5.41, 5.74) is 6.93. The number of nitrogens with two attached hydrogens (primary N) is 1. The van der Waals surface area contributed by atoms with Crippen LogP contribution in [0.1, 0.15) is 16.2 Å². The van der Waals surface area contributed by atoms with Crippen molar-refractivity contribution in [2.75, 3.05) is 6.54 Å². The summed E-state index contributed by atoms with van der Waals surface area (Å²) in [5.74, 6) is 0.867. The Bertz CT molecular complexity index is 499. The molecule has 0 saturated carbocycles. The van der Waals surface area contributed by atoms with Crippen LogP contribution in [0.15, 0.2) is 36.7 Å². The van der Waals surface area contributed by atoms with Gasteiger partial charge in [0.05, 0.1) is 6.54 Å². The Labute approximate surface area is 93.7 Å². The number of ketones is 1. The number of aromatic nitrogens is 2. The Morgan fingerprint density at radius 1 is 1.38 bits per heavy atom. The third kappa shape index (κ3) is 1.87. The second-order valence-electron chi connectivity index (χ2n) is 3.52. The van der Waals surface area contributed by atoms with Gasteiger partial charge in [0.25, 0.3) is 0 Å². The highest BCUT2D eigenvalue weighted by molar-refractivity contribution is 5.97. The van der Waals surface area contributed by atoms with Gasteiger partial charge in [-0.2, -0.15) is 0 Å². The van der Waals surface area contributed by atoms with E-state index >= 15 is 0 Å². The molecule has 0 saturated heterocycles. The minimum absolute atomic E-state index is 0.0451. The predicted molar refractivity (Wildman–Crippen MR) is 61.7 cm³/mol. The van der Waals surface area contributed by atoms with Gasteiger partial charge in [-0.3, -0.25) is 4.79 Å². The molecule has 0 aliphatic heterocycles. The zero-order valence-corrected chi connectivity index (χ0v) is 9.05. The Balaban J connectivity index is 2.33. The maximum absolute atomic E-state index is 11.3. The molecule has 1 heterocycles. The molecule has 0 spiro atoms. The Kier molecular flexibility index (Phi) is 2.83. The van der Waals surface area contributed by atoms with Crippen LogP contribution in [0, 0.1) is 6.92 Å². The van der Waals surface area contributed by atoms with Crippen LogP contribution in [0.2, 0.25) is 0 Å². The number of hydrogen-bond donors (Lipinski definition) is 1. The second kappa shape index (κ2) is 4.28. The number of hydrogen-bond acceptors (Lipinski definition) is 3. The van der Waals surface area contributed by atoms with E-state index in [0.29, 0.717) is 5.56 Å². The van der Waals surface area contributed by atoms with Crippen molar-refractivity contribution >= 4 is 5.78 Å². The molecule has 16 heavy (non-hydrogen) atoms. The molecule has 0 radical (unpaired) electrons. The minimum Gasteiger partial charge on any atom is -0.324 e. The molecule has 0 unspecified atom stereocenters. The molecule has 0 aliphatic carbocycles. The van der Waals surface area contributed by atoms with Gasteiger partial charge in [-0.1, -0.05) is 0 Å². The van der Waals surface area contributed by atoms with Gasteiger partial charge in [0.2, 0.25) is 0 Å². The fourth-order valence-electron chi connectivity index (χ4n) is 1.58. The first-order valence-electron chi connectivity index (χ1n) is 5.06. The number of nitrogens with zero attached hydrogens (tertiary/aromatic N) is 2. The van der Waals surface area contributed by atoms with E-state index in [0.717, 1.165) is 11.5 Å². The molecule has 4 heteroatoms. The number of rotatable bonds is 3. The number of imidazole rings is 1. The number of carbonyl (C=O) groups is 1. The van der Waals surface area contributed by atoms with Gasteiger partial charge in [-0.15, -0.1) is 0 Å². The molecule has 0 aliphatic rings. The lowest BCUT2D eigenvalue weighted by atomic mass is 10.1. The van der Waals surface area contributed by atoms with Gasteiger partial charge in [-0.25, -0.2) is 4.98 Å². The fraction of sp³-hybridized carbons (Fsp3) is 0.167. The first kappa shape index (κ1) is 10.6. The van der Waals surface area contributed by atoms with Crippen LogP contribution in [-0.2, 0) is 0 Å². The maximum atomic E-state index is 11.3. The summed E-state index contributed by atoms with van der Waals surface area (Å²) in [6, 6.07) is 7.34. The zero-order chi connectivity index (χ0) is 11.5. The highest BCUT2D eigenvalue weighted by atomic mass is 16.1. The SMILES string of the molecule is Cc1nccn1-c1ccc(C(=O)CN)cc1. The molecule has 1 aromatic carbocycles. The number of benzene rings is 1. The first-order valence-corrected chi connectivity index (χ1v) is 5.06. The Morgan fingerprint density at radius 2 is 2.06 bits per heavy atom. The summed E-state index contributed by atoms with van der Waals surface area (Å²) in [6.45, 7) is 1.97. The standard InChI is InChI=1S/C12H13N3O/c1-9-14-6-7-15(9)11-4-2-10(3-5-11)12(16)8-13/h2-7H,8,13H2,1H3. The summed E-state index contributed by atoms with van der Waals surface area (Å²) in [5, 5.41) is 0. The Morgan fingerprint density at radius 3 is 2.56 bits per heavy atom. The third-order valence-electron chi connectivity index (χ3n) is 2.48. The van der Waals surface area contributed by atoms with E-state index in [1.807, 2.05) is 29.8 Å². The van der Waals surface area contributed by atoms with Gasteiger partial charge < -0.3 is 10.3 Å². The van der Waals surface area contributed by atoms with Crippen LogP contribution in [0.3, 0.4) is 0 Å². The largest absolute Gasteiger partial charge is 0.324 e. The lowest BCUT2D eigenvalue weighted by Gasteiger charge is -2.05. The predicted octanol–water partition coefficient (Wildman–Crippen LogP) is 1.32. The van der Waals surface area contributed by atoms with Gasteiger partial charge in [0.15, 0.2) is 5.78 Å². The van der Waals surface area contributed by atoms with Gasteiger partial charge in [0, 0.05) is 23.6 Å². The lowest BCUT2D eigenvalue weighted by molar-refractivity contribution is 0.100.